The Morgan fingerprint density at radius 2 is 2.11 bits per heavy atom. The zero-order valence-corrected chi connectivity index (χ0v) is 12.2. The topological polar surface area (TPSA) is 97.5 Å². The first-order valence-corrected chi connectivity index (χ1v) is 7.87. The van der Waals surface area contributed by atoms with Gasteiger partial charge >= 0.3 is 5.97 Å². The van der Waals surface area contributed by atoms with Gasteiger partial charge in [-0.2, -0.15) is 0 Å². The lowest BCUT2D eigenvalue weighted by Gasteiger charge is -2.16. The highest BCUT2D eigenvalue weighted by Crippen LogP contribution is 2.31. The molecule has 5 nitrogen and oxygen atoms in total. The van der Waals surface area contributed by atoms with Crippen LogP contribution in [-0.4, -0.2) is 25.7 Å². The number of hydrogen-bond donors (Lipinski definition) is 2. The van der Waals surface area contributed by atoms with E-state index in [0.717, 1.165) is 6.26 Å². The molecule has 0 aliphatic carbocycles. The number of benzene rings is 1. The Kier molecular flexibility index (Phi) is 4.89. The molecule has 1 atom stereocenters. The highest BCUT2D eigenvalue weighted by atomic mass is 79.9. The van der Waals surface area contributed by atoms with Crippen LogP contribution >= 0.6 is 15.9 Å². The predicted molar refractivity (Wildman–Crippen MR) is 71.1 cm³/mol. The zero-order valence-electron chi connectivity index (χ0n) is 9.76. The smallest absolute Gasteiger partial charge is 0.303 e. The lowest BCUT2D eigenvalue weighted by Crippen LogP contribution is -2.16. The van der Waals surface area contributed by atoms with E-state index in [4.69, 9.17) is 10.8 Å². The van der Waals surface area contributed by atoms with Crippen LogP contribution in [0.5, 0.6) is 0 Å². The number of sulfone groups is 1. The van der Waals surface area contributed by atoms with Crippen LogP contribution in [0.2, 0.25) is 0 Å². The third kappa shape index (κ3) is 3.79. The number of carboxylic acid groups (broad SMARTS) is 1. The summed E-state index contributed by atoms with van der Waals surface area (Å²) in [6.07, 6.45) is 1.17. The molecule has 1 aromatic carbocycles. The fourth-order valence-corrected chi connectivity index (χ4v) is 3.40. The van der Waals surface area contributed by atoms with Gasteiger partial charge in [0.25, 0.3) is 0 Å². The van der Waals surface area contributed by atoms with Crippen molar-refractivity contribution in [2.75, 3.05) is 6.26 Å². The van der Waals surface area contributed by atoms with E-state index in [1.165, 1.54) is 6.07 Å². The molecule has 100 valence electrons. The first-order valence-electron chi connectivity index (χ1n) is 5.19. The number of hydrogen-bond acceptors (Lipinski definition) is 4. The van der Waals surface area contributed by atoms with Crippen LogP contribution in [0.15, 0.2) is 27.6 Å². The summed E-state index contributed by atoms with van der Waals surface area (Å²) in [5.41, 5.74) is 6.32. The number of carboxylic acids is 1. The summed E-state index contributed by atoms with van der Waals surface area (Å²) in [6.45, 7) is 0. The SMILES string of the molecule is CS(=O)(=O)c1cccc(Br)c1C(N)CCC(=O)O. The third-order valence-corrected chi connectivity index (χ3v) is 4.30. The number of halogens is 1. The lowest BCUT2D eigenvalue weighted by atomic mass is 10.0. The molecule has 0 bridgehead atoms. The van der Waals surface area contributed by atoms with E-state index in [9.17, 15) is 13.2 Å². The van der Waals surface area contributed by atoms with Crippen molar-refractivity contribution in [2.45, 2.75) is 23.8 Å². The molecule has 1 unspecified atom stereocenters. The molecule has 18 heavy (non-hydrogen) atoms. The van der Waals surface area contributed by atoms with Crippen molar-refractivity contribution < 1.29 is 18.3 Å². The van der Waals surface area contributed by atoms with Gasteiger partial charge < -0.3 is 10.8 Å². The van der Waals surface area contributed by atoms with Gasteiger partial charge in [-0.1, -0.05) is 22.0 Å². The zero-order chi connectivity index (χ0) is 13.9. The first kappa shape index (κ1) is 15.1. The summed E-state index contributed by atoms with van der Waals surface area (Å²) in [4.78, 5) is 10.7. The van der Waals surface area contributed by atoms with Crippen LogP contribution in [0.4, 0.5) is 0 Å². The summed E-state index contributed by atoms with van der Waals surface area (Å²) < 4.78 is 23.9. The van der Waals surface area contributed by atoms with E-state index in [1.807, 2.05) is 0 Å². The number of aliphatic carboxylic acids is 1. The van der Waals surface area contributed by atoms with Gasteiger partial charge in [0, 0.05) is 28.8 Å². The van der Waals surface area contributed by atoms with Crippen LogP contribution < -0.4 is 5.73 Å². The molecule has 0 amide bonds. The van der Waals surface area contributed by atoms with E-state index in [-0.39, 0.29) is 17.7 Å². The average Bonchev–Trinajstić information content (AvgIpc) is 2.24. The fourth-order valence-electron chi connectivity index (χ4n) is 1.62. The molecule has 0 saturated carbocycles. The Bertz CT molecular complexity index is 556. The first-order chi connectivity index (χ1) is 8.23. The second-order valence-corrected chi connectivity index (χ2v) is 6.80. The number of rotatable bonds is 5. The average molecular weight is 336 g/mol. The fraction of sp³-hybridized carbons (Fsp3) is 0.364. The van der Waals surface area contributed by atoms with Crippen LogP contribution in [0.25, 0.3) is 0 Å². The maximum Gasteiger partial charge on any atom is 0.303 e. The Hall–Kier alpha value is -0.920. The molecule has 0 aliphatic heterocycles. The Morgan fingerprint density at radius 1 is 1.50 bits per heavy atom. The quantitative estimate of drug-likeness (QED) is 0.853. The van der Waals surface area contributed by atoms with Crippen molar-refractivity contribution in [1.82, 2.24) is 0 Å². The van der Waals surface area contributed by atoms with Gasteiger partial charge in [0.2, 0.25) is 0 Å². The minimum Gasteiger partial charge on any atom is -0.481 e. The molecular weight excluding hydrogens is 322 g/mol. The summed E-state index contributed by atoms with van der Waals surface area (Å²) in [5.74, 6) is -0.960. The lowest BCUT2D eigenvalue weighted by molar-refractivity contribution is -0.137. The van der Waals surface area contributed by atoms with E-state index < -0.39 is 21.8 Å². The summed E-state index contributed by atoms with van der Waals surface area (Å²) in [6, 6.07) is 4.12. The van der Waals surface area contributed by atoms with E-state index in [0.29, 0.717) is 10.0 Å². The maximum atomic E-state index is 11.7. The van der Waals surface area contributed by atoms with E-state index >= 15 is 0 Å². The Labute approximate surface area is 114 Å². The molecule has 3 N–H and O–H groups in total. The van der Waals surface area contributed by atoms with Gasteiger partial charge in [0.15, 0.2) is 9.84 Å². The normalized spacial score (nSPS) is 13.3. The van der Waals surface area contributed by atoms with Crippen LogP contribution in [-0.2, 0) is 14.6 Å². The second kappa shape index (κ2) is 5.81. The van der Waals surface area contributed by atoms with Crippen molar-refractivity contribution >= 4 is 31.7 Å². The van der Waals surface area contributed by atoms with Gasteiger partial charge in [0.05, 0.1) is 4.90 Å². The van der Waals surface area contributed by atoms with Crippen LogP contribution in [0.3, 0.4) is 0 Å². The maximum absolute atomic E-state index is 11.7. The van der Waals surface area contributed by atoms with Crippen LogP contribution in [0.1, 0.15) is 24.4 Å². The molecule has 7 heteroatoms. The van der Waals surface area contributed by atoms with Gasteiger partial charge in [-0.3, -0.25) is 4.79 Å². The van der Waals surface area contributed by atoms with Crippen molar-refractivity contribution in [3.8, 4) is 0 Å². The molecule has 0 radical (unpaired) electrons. The molecule has 0 fully saturated rings. The highest BCUT2D eigenvalue weighted by molar-refractivity contribution is 9.10. The predicted octanol–water partition coefficient (Wildman–Crippen LogP) is 1.72. The van der Waals surface area contributed by atoms with Gasteiger partial charge in [-0.15, -0.1) is 0 Å². The largest absolute Gasteiger partial charge is 0.481 e. The molecule has 1 aromatic rings. The van der Waals surface area contributed by atoms with Crippen molar-refractivity contribution in [3.63, 3.8) is 0 Å². The van der Waals surface area contributed by atoms with E-state index in [2.05, 4.69) is 15.9 Å². The number of nitrogens with two attached hydrogens (primary N) is 1. The monoisotopic (exact) mass is 335 g/mol. The van der Waals surface area contributed by atoms with Crippen LogP contribution in [0, 0.1) is 0 Å². The van der Waals surface area contributed by atoms with Crippen molar-refractivity contribution in [1.29, 1.82) is 0 Å². The molecular formula is C11H14BrNO4S. The molecule has 0 aromatic heterocycles. The minimum atomic E-state index is -3.40. The highest BCUT2D eigenvalue weighted by Gasteiger charge is 2.21. The molecule has 0 heterocycles. The Balaban J connectivity index is 3.18. The molecule has 1 rings (SSSR count). The van der Waals surface area contributed by atoms with Crippen molar-refractivity contribution in [3.05, 3.63) is 28.2 Å². The summed E-state index contributed by atoms with van der Waals surface area (Å²) in [7, 11) is -3.40. The van der Waals surface area contributed by atoms with Gasteiger partial charge in [0.1, 0.15) is 0 Å². The third-order valence-electron chi connectivity index (χ3n) is 2.45. The minimum absolute atomic E-state index is 0.105. The van der Waals surface area contributed by atoms with E-state index in [1.54, 1.807) is 12.1 Å². The standard InChI is InChI=1S/C11H14BrNO4S/c1-18(16,17)9-4-2-3-7(12)11(9)8(13)5-6-10(14)15/h2-4,8H,5-6,13H2,1H3,(H,14,15). The van der Waals surface area contributed by atoms with Gasteiger partial charge in [-0.05, 0) is 18.6 Å². The van der Waals surface area contributed by atoms with Crippen molar-refractivity contribution in [2.24, 2.45) is 5.73 Å². The number of carbonyl (C=O) groups is 1. The second-order valence-electron chi connectivity index (χ2n) is 3.96. The van der Waals surface area contributed by atoms with Gasteiger partial charge in [-0.25, -0.2) is 8.42 Å². The molecule has 0 spiro atoms. The summed E-state index contributed by atoms with van der Waals surface area (Å²) >= 11 is 3.26. The Morgan fingerprint density at radius 3 is 2.61 bits per heavy atom. The summed E-state index contributed by atoms with van der Waals surface area (Å²) in [5, 5.41) is 8.62. The molecule has 0 aliphatic rings. The molecule has 0 saturated heterocycles.